The van der Waals surface area contributed by atoms with Gasteiger partial charge in [-0.15, -0.1) is 0 Å². The molecule has 0 aliphatic heterocycles. The molecule has 0 radical (unpaired) electrons. The third kappa shape index (κ3) is 11.6. The molecule has 11 heteroatoms. The van der Waals surface area contributed by atoms with Crippen LogP contribution in [0.2, 0.25) is 0 Å². The first-order valence-corrected chi connectivity index (χ1v) is 17.8. The van der Waals surface area contributed by atoms with E-state index in [1.54, 1.807) is 20.8 Å². The Bertz CT molecular complexity index is 1040. The lowest BCUT2D eigenvalue weighted by Crippen LogP contribution is -2.60. The van der Waals surface area contributed by atoms with Crippen molar-refractivity contribution in [2.24, 2.45) is 39.9 Å². The standard InChI is InChI=1S/C17H28O3.C12H21F3O3.C8H16O2/c1-4-16(2,3)15(18)20-10-17(19)13-6-11-5-12(8-13)9-14(17)7-11;1-6-10(3,4)9(16)18-8(2)7-11(5,17)12(13,14)15;1-5-8(3,4)7(9)10-6-2/h11-14,19H,4-10H2,1-3H3;8,17H,6-7H2,1-5H3;5-6H2,1-4H3. The van der Waals surface area contributed by atoms with Crippen LogP contribution in [0.4, 0.5) is 13.2 Å². The average Bonchev–Trinajstić information content (AvgIpc) is 2.98. The van der Waals surface area contributed by atoms with Gasteiger partial charge in [0.05, 0.1) is 22.9 Å². The molecule has 0 aromatic carbocycles. The summed E-state index contributed by atoms with van der Waals surface area (Å²) >= 11 is 0. The SMILES string of the molecule is CCC(C)(C)C(=O)OC(C)CC(C)(O)C(F)(F)F.CCC(C)(C)C(=O)OCC1(O)C2CC3CC(C2)CC1C3.CCOC(=O)C(C)(C)CC. The second-order valence-electron chi connectivity index (χ2n) is 16.5. The van der Waals surface area contributed by atoms with Crippen LogP contribution in [0, 0.1) is 39.9 Å². The Morgan fingerprint density at radius 3 is 1.44 bits per heavy atom. The zero-order valence-electron chi connectivity index (χ0n) is 31.6. The van der Waals surface area contributed by atoms with Crippen molar-refractivity contribution in [3.63, 3.8) is 0 Å². The van der Waals surface area contributed by atoms with Gasteiger partial charge in [-0.05, 0) is 137 Å². The Morgan fingerprint density at radius 2 is 1.08 bits per heavy atom. The predicted molar refractivity (Wildman–Crippen MR) is 179 cm³/mol. The molecule has 0 spiro atoms. The maximum atomic E-state index is 12.4. The van der Waals surface area contributed by atoms with Crippen molar-refractivity contribution >= 4 is 17.9 Å². The molecule has 4 aliphatic rings. The number of aliphatic hydroxyl groups is 2. The van der Waals surface area contributed by atoms with Gasteiger partial charge in [-0.25, -0.2) is 0 Å². The van der Waals surface area contributed by atoms with Crippen molar-refractivity contribution in [2.75, 3.05) is 13.2 Å². The molecule has 4 rings (SSSR count). The molecule has 2 atom stereocenters. The monoisotopic (exact) mass is 694 g/mol. The molecule has 0 saturated heterocycles. The normalized spacial score (nSPS) is 26.9. The first kappa shape index (κ1) is 44.1. The van der Waals surface area contributed by atoms with Crippen LogP contribution in [0.3, 0.4) is 0 Å². The first-order chi connectivity index (χ1) is 21.7. The van der Waals surface area contributed by atoms with E-state index in [1.807, 2.05) is 48.5 Å². The number of rotatable bonds is 12. The number of carbonyl (C=O) groups is 3. The number of halogens is 3. The number of esters is 3. The highest BCUT2D eigenvalue weighted by Gasteiger charge is 2.57. The van der Waals surface area contributed by atoms with Crippen LogP contribution in [0.5, 0.6) is 0 Å². The molecule has 4 fully saturated rings. The quantitative estimate of drug-likeness (QED) is 0.155. The Morgan fingerprint density at radius 1 is 0.708 bits per heavy atom. The van der Waals surface area contributed by atoms with Gasteiger partial charge in [0.15, 0.2) is 5.60 Å². The van der Waals surface area contributed by atoms with E-state index in [-0.39, 0.29) is 24.0 Å². The summed E-state index contributed by atoms with van der Waals surface area (Å²) in [6.45, 7) is 21.2. The van der Waals surface area contributed by atoms with E-state index in [9.17, 15) is 37.8 Å². The maximum Gasteiger partial charge on any atom is 0.417 e. The maximum absolute atomic E-state index is 12.4. The topological polar surface area (TPSA) is 119 Å². The first-order valence-electron chi connectivity index (χ1n) is 17.8. The second kappa shape index (κ2) is 16.9. The van der Waals surface area contributed by atoms with Crippen molar-refractivity contribution in [3.8, 4) is 0 Å². The molecule has 282 valence electrons. The third-order valence-corrected chi connectivity index (χ3v) is 11.2. The Kier molecular flexibility index (Phi) is 15.5. The molecule has 2 N–H and O–H groups in total. The van der Waals surface area contributed by atoms with Crippen molar-refractivity contribution in [1.82, 2.24) is 0 Å². The van der Waals surface area contributed by atoms with Crippen LogP contribution in [0.25, 0.3) is 0 Å². The fourth-order valence-electron chi connectivity index (χ4n) is 6.43. The van der Waals surface area contributed by atoms with Crippen molar-refractivity contribution in [1.29, 1.82) is 0 Å². The third-order valence-electron chi connectivity index (χ3n) is 11.2. The van der Waals surface area contributed by atoms with Crippen LogP contribution in [-0.4, -0.2) is 64.8 Å². The Hall–Kier alpha value is -1.88. The van der Waals surface area contributed by atoms with E-state index < -0.39 is 46.7 Å². The summed E-state index contributed by atoms with van der Waals surface area (Å²) in [4.78, 5) is 34.9. The lowest BCUT2D eigenvalue weighted by molar-refractivity contribution is -0.261. The molecular weight excluding hydrogens is 629 g/mol. The zero-order valence-corrected chi connectivity index (χ0v) is 31.6. The van der Waals surface area contributed by atoms with E-state index in [0.29, 0.717) is 31.8 Å². The highest BCUT2D eigenvalue weighted by molar-refractivity contribution is 5.76. The van der Waals surface area contributed by atoms with Gasteiger partial charge in [-0.1, -0.05) is 20.8 Å². The van der Waals surface area contributed by atoms with Crippen LogP contribution >= 0.6 is 0 Å². The lowest BCUT2D eigenvalue weighted by atomic mass is 9.50. The number of hydrogen-bond acceptors (Lipinski definition) is 8. The second-order valence-corrected chi connectivity index (χ2v) is 16.5. The van der Waals surface area contributed by atoms with Crippen LogP contribution in [0.1, 0.15) is 141 Å². The van der Waals surface area contributed by atoms with Gasteiger partial charge >= 0.3 is 24.1 Å². The molecular formula is C37H65F3O8. The van der Waals surface area contributed by atoms with E-state index in [2.05, 4.69) is 0 Å². The molecule has 0 aromatic rings. The summed E-state index contributed by atoms with van der Waals surface area (Å²) in [5.41, 5.74) is -5.09. The van der Waals surface area contributed by atoms with Gasteiger partial charge in [0.1, 0.15) is 18.3 Å². The highest BCUT2D eigenvalue weighted by Crippen LogP contribution is 2.58. The zero-order chi connectivity index (χ0) is 37.5. The summed E-state index contributed by atoms with van der Waals surface area (Å²) < 4.78 is 52.7. The van der Waals surface area contributed by atoms with Crippen LogP contribution in [0.15, 0.2) is 0 Å². The number of alkyl halides is 3. The fraction of sp³-hybridized carbons (Fsp3) is 0.919. The predicted octanol–water partition coefficient (Wildman–Crippen LogP) is 8.20. The van der Waals surface area contributed by atoms with E-state index in [0.717, 1.165) is 50.4 Å². The van der Waals surface area contributed by atoms with Crippen LogP contribution in [-0.2, 0) is 28.6 Å². The molecule has 0 aromatic heterocycles. The molecule has 2 unspecified atom stereocenters. The molecule has 0 amide bonds. The molecule has 8 nitrogen and oxygen atoms in total. The highest BCUT2D eigenvalue weighted by atomic mass is 19.4. The summed E-state index contributed by atoms with van der Waals surface area (Å²) in [6, 6.07) is 0. The van der Waals surface area contributed by atoms with E-state index >= 15 is 0 Å². The van der Waals surface area contributed by atoms with Crippen molar-refractivity contribution in [3.05, 3.63) is 0 Å². The smallest absolute Gasteiger partial charge is 0.417 e. The van der Waals surface area contributed by atoms with E-state index in [4.69, 9.17) is 14.2 Å². The molecule has 4 bridgehead atoms. The number of hydrogen-bond donors (Lipinski definition) is 2. The number of ether oxygens (including phenoxy) is 3. The minimum atomic E-state index is -4.74. The van der Waals surface area contributed by atoms with Gasteiger partial charge < -0.3 is 24.4 Å². The minimum absolute atomic E-state index is 0.0995. The molecule has 0 heterocycles. The molecule has 4 aliphatic carbocycles. The lowest BCUT2D eigenvalue weighted by Gasteiger charge is -2.58. The molecule has 4 saturated carbocycles. The van der Waals surface area contributed by atoms with Crippen LogP contribution < -0.4 is 0 Å². The Labute approximate surface area is 287 Å². The van der Waals surface area contributed by atoms with Gasteiger partial charge in [-0.3, -0.25) is 14.4 Å². The molecule has 48 heavy (non-hydrogen) atoms. The minimum Gasteiger partial charge on any atom is -0.466 e. The van der Waals surface area contributed by atoms with Gasteiger partial charge in [0.2, 0.25) is 0 Å². The average molecular weight is 695 g/mol. The summed E-state index contributed by atoms with van der Waals surface area (Å²) in [6.07, 6.45) is 1.61. The fourth-order valence-corrected chi connectivity index (χ4v) is 6.43. The van der Waals surface area contributed by atoms with E-state index in [1.165, 1.54) is 13.3 Å². The van der Waals surface area contributed by atoms with Gasteiger partial charge in [0, 0.05) is 6.42 Å². The summed E-state index contributed by atoms with van der Waals surface area (Å²) in [5, 5.41) is 20.4. The largest absolute Gasteiger partial charge is 0.466 e. The summed E-state index contributed by atoms with van der Waals surface area (Å²) in [7, 11) is 0. The van der Waals surface area contributed by atoms with Gasteiger partial charge in [0.25, 0.3) is 0 Å². The number of carbonyl (C=O) groups excluding carboxylic acids is 3. The summed E-state index contributed by atoms with van der Waals surface area (Å²) in [5.74, 6) is 1.53. The van der Waals surface area contributed by atoms with Crippen molar-refractivity contribution < 1.29 is 52.0 Å². The van der Waals surface area contributed by atoms with Crippen molar-refractivity contribution in [2.45, 2.75) is 164 Å². The van der Waals surface area contributed by atoms with Gasteiger partial charge in [-0.2, -0.15) is 13.2 Å². The Balaban J connectivity index is 0.000000381.